The molecule has 20 heavy (non-hydrogen) atoms. The van der Waals surface area contributed by atoms with Crippen LogP contribution in [0.25, 0.3) is 0 Å². The van der Waals surface area contributed by atoms with E-state index in [2.05, 4.69) is 0 Å². The summed E-state index contributed by atoms with van der Waals surface area (Å²) in [5.74, 6) is 1.20. The highest BCUT2D eigenvalue weighted by molar-refractivity contribution is 5.76. The maximum absolute atomic E-state index is 10.7. The van der Waals surface area contributed by atoms with Gasteiger partial charge < -0.3 is 9.47 Å². The number of carbonyl (C=O) groups is 1. The van der Waals surface area contributed by atoms with Crippen molar-refractivity contribution >= 4 is 6.29 Å². The fourth-order valence-corrected chi connectivity index (χ4v) is 1.61. The molecule has 2 aromatic carbocycles. The average Bonchev–Trinajstić information content (AvgIpc) is 2.55. The van der Waals surface area contributed by atoms with Crippen molar-refractivity contribution in [1.82, 2.24) is 0 Å². The van der Waals surface area contributed by atoms with Crippen LogP contribution in [0.2, 0.25) is 0 Å². The van der Waals surface area contributed by atoms with Gasteiger partial charge in [0.2, 0.25) is 0 Å². The van der Waals surface area contributed by atoms with Crippen molar-refractivity contribution in [3.63, 3.8) is 0 Å². The van der Waals surface area contributed by atoms with Crippen LogP contribution in [0.1, 0.15) is 29.8 Å². The van der Waals surface area contributed by atoms with Crippen LogP contribution >= 0.6 is 0 Å². The summed E-state index contributed by atoms with van der Waals surface area (Å²) in [4.78, 5) is 10.7. The summed E-state index contributed by atoms with van der Waals surface area (Å²) < 4.78 is 10.9. The molecule has 0 radical (unpaired) electrons. The van der Waals surface area contributed by atoms with Crippen molar-refractivity contribution in [1.29, 1.82) is 0 Å². The molecule has 0 saturated heterocycles. The largest absolute Gasteiger partial charge is 0.493 e. The Hall–Kier alpha value is -2.29. The van der Waals surface area contributed by atoms with Gasteiger partial charge in [0.25, 0.3) is 0 Å². The number of benzene rings is 2. The number of rotatable bonds is 5. The van der Waals surface area contributed by atoms with Gasteiger partial charge in [0, 0.05) is 5.56 Å². The lowest BCUT2D eigenvalue weighted by atomic mass is 10.2. The topological polar surface area (TPSA) is 35.5 Å². The molecule has 0 spiro atoms. The van der Waals surface area contributed by atoms with Gasteiger partial charge in [0.1, 0.15) is 12.9 Å². The number of ether oxygens (including phenoxy) is 2. The van der Waals surface area contributed by atoms with Crippen LogP contribution in [0.15, 0.2) is 48.5 Å². The predicted molar refractivity (Wildman–Crippen MR) is 80.5 cm³/mol. The van der Waals surface area contributed by atoms with Crippen LogP contribution in [0.3, 0.4) is 0 Å². The zero-order valence-corrected chi connectivity index (χ0v) is 12.1. The zero-order chi connectivity index (χ0) is 14.8. The minimum absolute atomic E-state index is 0.444. The van der Waals surface area contributed by atoms with Crippen molar-refractivity contribution in [2.75, 3.05) is 7.11 Å². The molecule has 0 aliphatic carbocycles. The van der Waals surface area contributed by atoms with Gasteiger partial charge in [-0.05, 0) is 23.8 Å². The minimum Gasteiger partial charge on any atom is -0.493 e. The second kappa shape index (κ2) is 8.75. The molecule has 0 heterocycles. The summed E-state index contributed by atoms with van der Waals surface area (Å²) in [6.07, 6.45) is 0.787. The first-order chi connectivity index (χ1) is 9.83. The van der Waals surface area contributed by atoms with Gasteiger partial charge in [0.05, 0.1) is 7.11 Å². The van der Waals surface area contributed by atoms with E-state index in [9.17, 15) is 4.79 Å². The summed E-state index contributed by atoms with van der Waals surface area (Å²) in [7, 11) is 1.57. The van der Waals surface area contributed by atoms with Crippen LogP contribution in [-0.4, -0.2) is 13.4 Å². The number of aldehydes is 1. The monoisotopic (exact) mass is 272 g/mol. The first-order valence-corrected chi connectivity index (χ1v) is 6.63. The Morgan fingerprint density at radius 2 is 1.70 bits per heavy atom. The lowest BCUT2D eigenvalue weighted by molar-refractivity contribution is 0.112. The van der Waals surface area contributed by atoms with Crippen molar-refractivity contribution in [3.8, 4) is 11.5 Å². The van der Waals surface area contributed by atoms with Gasteiger partial charge in [-0.3, -0.25) is 4.79 Å². The molecule has 0 aromatic heterocycles. The van der Waals surface area contributed by atoms with Crippen molar-refractivity contribution < 1.29 is 14.3 Å². The van der Waals surface area contributed by atoms with Crippen molar-refractivity contribution in [2.24, 2.45) is 0 Å². The summed E-state index contributed by atoms with van der Waals surface area (Å²) in [5.41, 5.74) is 1.63. The normalized spacial score (nSPS) is 9.15. The van der Waals surface area contributed by atoms with Gasteiger partial charge in [-0.25, -0.2) is 0 Å². The third kappa shape index (κ3) is 4.43. The summed E-state index contributed by atoms with van der Waals surface area (Å²) in [6.45, 7) is 4.44. The molecule has 0 saturated carbocycles. The van der Waals surface area contributed by atoms with Crippen LogP contribution in [0.5, 0.6) is 11.5 Å². The molecule has 0 atom stereocenters. The zero-order valence-electron chi connectivity index (χ0n) is 12.1. The molecule has 3 nitrogen and oxygen atoms in total. The first kappa shape index (κ1) is 15.8. The third-order valence-electron chi connectivity index (χ3n) is 2.56. The molecule has 0 bridgehead atoms. The molecule has 2 aromatic rings. The maximum atomic E-state index is 10.7. The fraction of sp³-hybridized carbons (Fsp3) is 0.235. The van der Waals surface area contributed by atoms with Crippen LogP contribution in [0.4, 0.5) is 0 Å². The number of hydrogen-bond donors (Lipinski definition) is 0. The number of hydrogen-bond acceptors (Lipinski definition) is 3. The number of methoxy groups -OCH3 is 1. The Balaban J connectivity index is 0.000000956. The van der Waals surface area contributed by atoms with E-state index >= 15 is 0 Å². The van der Waals surface area contributed by atoms with Gasteiger partial charge in [0.15, 0.2) is 11.5 Å². The van der Waals surface area contributed by atoms with E-state index in [1.54, 1.807) is 25.3 Å². The highest BCUT2D eigenvalue weighted by Crippen LogP contribution is 2.28. The van der Waals surface area contributed by atoms with E-state index in [-0.39, 0.29) is 0 Å². The molecular formula is C17H20O3. The maximum Gasteiger partial charge on any atom is 0.162 e. The Kier molecular flexibility index (Phi) is 6.90. The molecular weight excluding hydrogens is 252 g/mol. The average molecular weight is 272 g/mol. The van der Waals surface area contributed by atoms with Crippen molar-refractivity contribution in [3.05, 3.63) is 59.7 Å². The molecule has 2 rings (SSSR count). The Morgan fingerprint density at radius 3 is 2.30 bits per heavy atom. The molecule has 0 aliphatic heterocycles. The van der Waals surface area contributed by atoms with E-state index in [0.717, 1.165) is 11.8 Å². The minimum atomic E-state index is 0.444. The van der Waals surface area contributed by atoms with E-state index in [1.165, 1.54) is 0 Å². The molecule has 0 unspecified atom stereocenters. The smallest absolute Gasteiger partial charge is 0.162 e. The lowest BCUT2D eigenvalue weighted by Gasteiger charge is -2.11. The lowest BCUT2D eigenvalue weighted by Crippen LogP contribution is -1.98. The SMILES string of the molecule is CC.COc1ccc(C=O)cc1OCc1ccccc1. The fourth-order valence-electron chi connectivity index (χ4n) is 1.61. The van der Waals surface area contributed by atoms with E-state index < -0.39 is 0 Å². The number of carbonyl (C=O) groups excluding carboxylic acids is 1. The second-order valence-electron chi connectivity index (χ2n) is 3.80. The van der Waals surface area contributed by atoms with E-state index in [4.69, 9.17) is 9.47 Å². The van der Waals surface area contributed by atoms with Gasteiger partial charge in [-0.2, -0.15) is 0 Å². The summed E-state index contributed by atoms with van der Waals surface area (Å²) in [6, 6.07) is 14.9. The van der Waals surface area contributed by atoms with Crippen LogP contribution in [-0.2, 0) is 6.61 Å². The van der Waals surface area contributed by atoms with Gasteiger partial charge >= 0.3 is 0 Å². The Labute approximate surface area is 120 Å². The van der Waals surface area contributed by atoms with Crippen LogP contribution < -0.4 is 9.47 Å². The van der Waals surface area contributed by atoms with E-state index in [0.29, 0.717) is 23.7 Å². The molecule has 0 amide bonds. The molecule has 0 fully saturated rings. The first-order valence-electron chi connectivity index (χ1n) is 6.63. The predicted octanol–water partition coefficient (Wildman–Crippen LogP) is 4.11. The molecule has 0 N–H and O–H groups in total. The molecule has 0 aliphatic rings. The second-order valence-corrected chi connectivity index (χ2v) is 3.80. The summed E-state index contributed by atoms with van der Waals surface area (Å²) >= 11 is 0. The van der Waals surface area contributed by atoms with E-state index in [1.807, 2.05) is 44.2 Å². The van der Waals surface area contributed by atoms with Gasteiger partial charge in [-0.15, -0.1) is 0 Å². The summed E-state index contributed by atoms with van der Waals surface area (Å²) in [5, 5.41) is 0. The Bertz CT molecular complexity index is 521. The van der Waals surface area contributed by atoms with Crippen LogP contribution in [0, 0.1) is 0 Å². The molecule has 3 heteroatoms. The van der Waals surface area contributed by atoms with Crippen molar-refractivity contribution in [2.45, 2.75) is 20.5 Å². The highest BCUT2D eigenvalue weighted by Gasteiger charge is 2.05. The third-order valence-corrected chi connectivity index (χ3v) is 2.56. The molecule has 106 valence electrons. The standard InChI is InChI=1S/C15H14O3.C2H6/c1-17-14-8-7-13(10-16)9-15(14)18-11-12-5-3-2-4-6-12;1-2/h2-10H,11H2,1H3;1-2H3. The van der Waals surface area contributed by atoms with Gasteiger partial charge in [-0.1, -0.05) is 44.2 Å². The quantitative estimate of drug-likeness (QED) is 0.768. The Morgan fingerprint density at radius 1 is 1.00 bits per heavy atom. The highest BCUT2D eigenvalue weighted by atomic mass is 16.5.